The Labute approximate surface area is 141 Å². The van der Waals surface area contributed by atoms with E-state index in [-0.39, 0.29) is 18.2 Å². The predicted molar refractivity (Wildman–Crippen MR) is 92.2 cm³/mol. The normalized spacial score (nSPS) is 25.2. The van der Waals surface area contributed by atoms with Gasteiger partial charge in [0, 0.05) is 29.5 Å². The van der Waals surface area contributed by atoms with Crippen molar-refractivity contribution in [1.29, 1.82) is 0 Å². The summed E-state index contributed by atoms with van der Waals surface area (Å²) in [6.07, 6.45) is 6.26. The van der Waals surface area contributed by atoms with Crippen LogP contribution in [0.15, 0.2) is 28.7 Å². The number of likely N-dealkylation sites (tertiary alicyclic amines) is 1. The van der Waals surface area contributed by atoms with E-state index in [0.717, 1.165) is 28.4 Å². The molecule has 0 N–H and O–H groups in total. The highest BCUT2D eigenvalue weighted by Crippen LogP contribution is 2.36. The maximum Gasteiger partial charge on any atom is 0.164 e. The van der Waals surface area contributed by atoms with E-state index in [1.54, 1.807) is 0 Å². The van der Waals surface area contributed by atoms with Gasteiger partial charge in [0.05, 0.1) is 0 Å². The smallest absolute Gasteiger partial charge is 0.164 e. The SMILES string of the molecule is Cl.O=C(CCN1CCC2CCC(C2)C1)c1ccc(Br)cc1. The van der Waals surface area contributed by atoms with Crippen LogP contribution in [0, 0.1) is 11.8 Å². The molecule has 1 heterocycles. The number of halogens is 2. The number of hydrogen-bond donors (Lipinski definition) is 0. The number of nitrogens with zero attached hydrogens (tertiary/aromatic N) is 1. The van der Waals surface area contributed by atoms with Gasteiger partial charge in [-0.2, -0.15) is 0 Å². The minimum atomic E-state index is 0. The maximum atomic E-state index is 12.2. The lowest BCUT2D eigenvalue weighted by molar-refractivity contribution is 0.0960. The Balaban J connectivity index is 0.00000161. The van der Waals surface area contributed by atoms with Crippen molar-refractivity contribution in [2.24, 2.45) is 11.8 Å². The summed E-state index contributed by atoms with van der Waals surface area (Å²) in [5.74, 6) is 2.13. The lowest BCUT2D eigenvalue weighted by Gasteiger charge is -2.24. The average molecular weight is 373 g/mol. The Bertz CT molecular complexity index is 476. The highest BCUT2D eigenvalue weighted by molar-refractivity contribution is 9.10. The molecule has 1 aliphatic heterocycles. The zero-order valence-corrected chi connectivity index (χ0v) is 14.7. The summed E-state index contributed by atoms with van der Waals surface area (Å²) in [7, 11) is 0. The van der Waals surface area contributed by atoms with Crippen LogP contribution in [0.3, 0.4) is 0 Å². The number of fused-ring (bicyclic) bond motifs is 2. The van der Waals surface area contributed by atoms with Crippen molar-refractivity contribution in [2.45, 2.75) is 32.1 Å². The van der Waals surface area contributed by atoms with E-state index in [1.807, 2.05) is 24.3 Å². The van der Waals surface area contributed by atoms with Crippen LogP contribution >= 0.6 is 28.3 Å². The van der Waals surface area contributed by atoms with Gasteiger partial charge in [-0.05, 0) is 49.8 Å². The van der Waals surface area contributed by atoms with Crippen LogP contribution in [0.2, 0.25) is 0 Å². The van der Waals surface area contributed by atoms with Gasteiger partial charge in [-0.3, -0.25) is 4.79 Å². The summed E-state index contributed by atoms with van der Waals surface area (Å²) in [6, 6.07) is 7.71. The van der Waals surface area contributed by atoms with Gasteiger partial charge in [0.2, 0.25) is 0 Å². The summed E-state index contributed by atoms with van der Waals surface area (Å²) in [6.45, 7) is 3.33. The summed E-state index contributed by atoms with van der Waals surface area (Å²) < 4.78 is 1.03. The molecule has 0 amide bonds. The van der Waals surface area contributed by atoms with Crippen LogP contribution in [0.25, 0.3) is 0 Å². The molecule has 2 atom stereocenters. The Kier molecular flexibility index (Phi) is 6.27. The second-order valence-corrected chi connectivity index (χ2v) is 7.23. The van der Waals surface area contributed by atoms with Gasteiger partial charge in [-0.1, -0.05) is 34.5 Å². The zero-order valence-electron chi connectivity index (χ0n) is 12.3. The molecule has 116 valence electrons. The molecule has 1 aromatic rings. The summed E-state index contributed by atoms with van der Waals surface area (Å²) >= 11 is 3.40. The molecule has 1 aliphatic carbocycles. The van der Waals surface area contributed by atoms with Crippen LogP contribution in [0.4, 0.5) is 0 Å². The molecular weight excluding hydrogens is 350 g/mol. The first-order valence-corrected chi connectivity index (χ1v) is 8.51. The minimum Gasteiger partial charge on any atom is -0.303 e. The monoisotopic (exact) mass is 371 g/mol. The van der Waals surface area contributed by atoms with E-state index in [0.29, 0.717) is 6.42 Å². The molecule has 3 rings (SSSR count). The Morgan fingerprint density at radius 1 is 1.14 bits per heavy atom. The molecule has 2 nitrogen and oxygen atoms in total. The van der Waals surface area contributed by atoms with Gasteiger partial charge in [0.1, 0.15) is 0 Å². The fraction of sp³-hybridized carbons (Fsp3) is 0.588. The number of benzene rings is 1. The highest BCUT2D eigenvalue weighted by atomic mass is 79.9. The fourth-order valence-electron chi connectivity index (χ4n) is 3.67. The van der Waals surface area contributed by atoms with Crippen molar-refractivity contribution in [3.05, 3.63) is 34.3 Å². The highest BCUT2D eigenvalue weighted by Gasteiger charge is 2.29. The number of carbonyl (C=O) groups is 1. The molecule has 2 bridgehead atoms. The van der Waals surface area contributed by atoms with Crippen LogP contribution in [-0.4, -0.2) is 30.3 Å². The van der Waals surface area contributed by atoms with Gasteiger partial charge in [0.15, 0.2) is 5.78 Å². The van der Waals surface area contributed by atoms with E-state index in [9.17, 15) is 4.79 Å². The van der Waals surface area contributed by atoms with Crippen molar-refractivity contribution in [2.75, 3.05) is 19.6 Å². The second-order valence-electron chi connectivity index (χ2n) is 6.31. The third kappa shape index (κ3) is 4.54. The molecule has 0 aromatic heterocycles. The van der Waals surface area contributed by atoms with Gasteiger partial charge >= 0.3 is 0 Å². The number of hydrogen-bond acceptors (Lipinski definition) is 2. The fourth-order valence-corrected chi connectivity index (χ4v) is 3.94. The summed E-state index contributed by atoms with van der Waals surface area (Å²) in [5.41, 5.74) is 0.838. The van der Waals surface area contributed by atoms with Crippen molar-refractivity contribution in [3.8, 4) is 0 Å². The second kappa shape index (κ2) is 7.75. The van der Waals surface area contributed by atoms with Crippen molar-refractivity contribution < 1.29 is 4.79 Å². The van der Waals surface area contributed by atoms with Gasteiger partial charge in [0.25, 0.3) is 0 Å². The van der Waals surface area contributed by atoms with Crippen molar-refractivity contribution in [3.63, 3.8) is 0 Å². The lowest BCUT2D eigenvalue weighted by Crippen LogP contribution is -2.31. The molecule has 2 aliphatic rings. The van der Waals surface area contributed by atoms with Crippen LogP contribution < -0.4 is 0 Å². The average Bonchev–Trinajstić information content (AvgIpc) is 2.78. The van der Waals surface area contributed by atoms with Gasteiger partial charge in [-0.15, -0.1) is 12.4 Å². The van der Waals surface area contributed by atoms with E-state index < -0.39 is 0 Å². The number of Topliss-reactive ketones (excluding diaryl/α,β-unsaturated/α-hetero) is 1. The maximum absolute atomic E-state index is 12.2. The predicted octanol–water partition coefficient (Wildman–Crippen LogP) is 4.57. The first kappa shape index (κ1) is 17.0. The molecule has 0 radical (unpaired) electrons. The largest absolute Gasteiger partial charge is 0.303 e. The topological polar surface area (TPSA) is 20.3 Å². The van der Waals surface area contributed by atoms with Gasteiger partial charge < -0.3 is 4.90 Å². The third-order valence-electron chi connectivity index (χ3n) is 4.84. The van der Waals surface area contributed by atoms with Crippen molar-refractivity contribution in [1.82, 2.24) is 4.90 Å². The molecule has 2 unspecified atom stereocenters. The van der Waals surface area contributed by atoms with Gasteiger partial charge in [-0.25, -0.2) is 0 Å². The Morgan fingerprint density at radius 3 is 2.62 bits per heavy atom. The molecule has 1 saturated carbocycles. The number of carbonyl (C=O) groups excluding carboxylic acids is 1. The standard InChI is InChI=1S/C17H22BrNO.ClH/c18-16-5-3-15(4-6-16)17(20)8-10-19-9-7-13-1-2-14(11-13)12-19;/h3-6,13-14H,1-2,7-12H2;1H. The first-order valence-electron chi connectivity index (χ1n) is 7.72. The molecule has 1 saturated heterocycles. The van der Waals surface area contributed by atoms with Crippen LogP contribution in [0.1, 0.15) is 42.5 Å². The Hall–Kier alpha value is -0.380. The summed E-state index contributed by atoms with van der Waals surface area (Å²) in [5, 5.41) is 0. The van der Waals surface area contributed by atoms with Crippen molar-refractivity contribution >= 4 is 34.1 Å². The summed E-state index contributed by atoms with van der Waals surface area (Å²) in [4.78, 5) is 14.7. The van der Waals surface area contributed by atoms with E-state index in [2.05, 4.69) is 20.8 Å². The minimum absolute atomic E-state index is 0. The zero-order chi connectivity index (χ0) is 13.9. The van der Waals surface area contributed by atoms with Crippen LogP contribution in [0.5, 0.6) is 0 Å². The van der Waals surface area contributed by atoms with E-state index in [1.165, 1.54) is 38.8 Å². The van der Waals surface area contributed by atoms with Crippen LogP contribution in [-0.2, 0) is 0 Å². The molecule has 0 spiro atoms. The molecule has 4 heteroatoms. The molecular formula is C17H23BrClNO. The number of rotatable bonds is 4. The lowest BCUT2D eigenvalue weighted by atomic mass is 10.0. The molecule has 1 aromatic carbocycles. The van der Waals surface area contributed by atoms with E-state index >= 15 is 0 Å². The first-order chi connectivity index (χ1) is 9.70. The third-order valence-corrected chi connectivity index (χ3v) is 5.37. The molecule has 21 heavy (non-hydrogen) atoms. The number of ketones is 1. The van der Waals surface area contributed by atoms with E-state index in [4.69, 9.17) is 0 Å². The Morgan fingerprint density at radius 2 is 1.86 bits per heavy atom. The molecule has 2 fully saturated rings. The quantitative estimate of drug-likeness (QED) is 0.722.